The molecule has 0 radical (unpaired) electrons. The molecule has 44 heavy (non-hydrogen) atoms. The summed E-state index contributed by atoms with van der Waals surface area (Å²) < 4.78 is 29.6. The summed E-state index contributed by atoms with van der Waals surface area (Å²) in [4.78, 5) is 20.0. The second kappa shape index (κ2) is 10.6. The topological polar surface area (TPSA) is 91.4 Å². The summed E-state index contributed by atoms with van der Waals surface area (Å²) in [7, 11) is -3.70. The number of thiophene rings is 1. The third kappa shape index (κ3) is 5.18. The summed E-state index contributed by atoms with van der Waals surface area (Å²) >= 11 is 3.22. The van der Waals surface area contributed by atoms with Crippen molar-refractivity contribution in [3.05, 3.63) is 99.9 Å². The Morgan fingerprint density at radius 1 is 0.932 bits per heavy atom. The van der Waals surface area contributed by atoms with E-state index in [-0.39, 0.29) is 21.9 Å². The molecule has 2 aromatic heterocycles. The summed E-state index contributed by atoms with van der Waals surface area (Å²) in [6, 6.07) is 22.3. The molecule has 5 aromatic rings. The molecule has 0 bridgehead atoms. The highest BCUT2D eigenvalue weighted by Gasteiger charge is 2.41. The molecule has 2 aliphatic heterocycles. The molecule has 0 spiro atoms. The summed E-state index contributed by atoms with van der Waals surface area (Å²) in [5, 5.41) is 8.59. The normalized spacial score (nSPS) is 17.6. The highest BCUT2D eigenvalue weighted by atomic mass is 32.2. The lowest BCUT2D eigenvalue weighted by Gasteiger charge is -2.42. The Morgan fingerprint density at radius 2 is 1.64 bits per heavy atom. The van der Waals surface area contributed by atoms with Crippen molar-refractivity contribution in [2.75, 3.05) is 11.9 Å². The van der Waals surface area contributed by atoms with E-state index in [0.29, 0.717) is 25.1 Å². The molecule has 10 heteroatoms. The first kappa shape index (κ1) is 29.3. The second-order valence-electron chi connectivity index (χ2n) is 12.7. The molecule has 0 aliphatic carbocycles. The van der Waals surface area contributed by atoms with E-state index in [4.69, 9.17) is 4.98 Å². The van der Waals surface area contributed by atoms with Crippen LogP contribution in [-0.2, 0) is 34.9 Å². The average Bonchev–Trinajstić information content (AvgIpc) is 3.57. The number of sulfonamides is 1. The van der Waals surface area contributed by atoms with Crippen molar-refractivity contribution in [3.8, 4) is 10.6 Å². The quantitative estimate of drug-likeness (QED) is 0.212. The number of nitrogens with zero attached hydrogens (tertiary/aromatic N) is 2. The van der Waals surface area contributed by atoms with Gasteiger partial charge in [0.05, 0.1) is 15.1 Å². The number of para-hydroxylation sites is 1. The first-order valence-electron chi connectivity index (χ1n) is 14.7. The largest absolute Gasteiger partial charge is 0.313 e. The molecule has 3 aromatic carbocycles. The van der Waals surface area contributed by atoms with Gasteiger partial charge in [0.25, 0.3) is 5.91 Å². The Labute approximate surface area is 266 Å². The minimum atomic E-state index is -3.70. The van der Waals surface area contributed by atoms with E-state index in [9.17, 15) is 13.2 Å². The van der Waals surface area contributed by atoms with E-state index < -0.39 is 10.0 Å². The monoisotopic (exact) mass is 642 g/mol. The molecule has 0 unspecified atom stereocenters. The Balaban J connectivity index is 1.20. The fraction of sp³-hybridized carbons (Fsp3) is 0.294. The molecule has 0 atom stereocenters. The molecule has 0 saturated carbocycles. The van der Waals surface area contributed by atoms with Crippen LogP contribution in [-0.4, -0.2) is 35.7 Å². The number of nitrogens with one attached hydrogen (secondary N) is 2. The van der Waals surface area contributed by atoms with E-state index >= 15 is 0 Å². The van der Waals surface area contributed by atoms with Crippen LogP contribution in [0.3, 0.4) is 0 Å². The Kier molecular flexibility index (Phi) is 7.06. The number of fused-ring (bicyclic) bond motifs is 3. The van der Waals surface area contributed by atoms with Gasteiger partial charge in [-0.15, -0.1) is 22.7 Å². The molecule has 0 saturated heterocycles. The molecule has 7 rings (SSSR count). The Bertz CT molecular complexity index is 1990. The van der Waals surface area contributed by atoms with Crippen molar-refractivity contribution in [2.45, 2.75) is 63.1 Å². The zero-order valence-corrected chi connectivity index (χ0v) is 27.6. The number of anilines is 1. The lowest BCUT2D eigenvalue weighted by atomic mass is 9.81. The molecule has 2 aliphatic rings. The maximum atomic E-state index is 13.7. The number of benzene rings is 3. The predicted molar refractivity (Wildman–Crippen MR) is 179 cm³/mol. The van der Waals surface area contributed by atoms with Gasteiger partial charge >= 0.3 is 0 Å². The number of carbonyl (C=O) groups excluding carboxylic acids is 1. The molecule has 2 N–H and O–H groups in total. The van der Waals surface area contributed by atoms with Crippen LogP contribution in [0.5, 0.6) is 0 Å². The van der Waals surface area contributed by atoms with Gasteiger partial charge in [-0.1, -0.05) is 36.4 Å². The Hall–Kier alpha value is -3.41. The zero-order valence-electron chi connectivity index (χ0n) is 25.1. The molecule has 0 fully saturated rings. The third-order valence-corrected chi connectivity index (χ3v) is 12.8. The zero-order chi connectivity index (χ0) is 30.9. The van der Waals surface area contributed by atoms with Gasteiger partial charge in [-0.25, -0.2) is 13.4 Å². The molecular formula is C34H34N4O3S3. The SMILES string of the molecule is CC1(C)Cc2c(sc(NC(=O)c3ccc(S(=O)(=O)N4CCc5ccccc5C4)cc3)c2-c2nc3ccccc3s2)C(C)(C)N1. The van der Waals surface area contributed by atoms with Crippen LogP contribution in [0.1, 0.15) is 59.6 Å². The minimum absolute atomic E-state index is 0.137. The van der Waals surface area contributed by atoms with Gasteiger partial charge in [0.1, 0.15) is 10.0 Å². The van der Waals surface area contributed by atoms with E-state index in [0.717, 1.165) is 37.8 Å². The highest BCUT2D eigenvalue weighted by molar-refractivity contribution is 7.89. The first-order valence-corrected chi connectivity index (χ1v) is 17.8. The van der Waals surface area contributed by atoms with Crippen LogP contribution in [0, 0.1) is 0 Å². The van der Waals surface area contributed by atoms with E-state index in [1.165, 1.54) is 32.4 Å². The van der Waals surface area contributed by atoms with Crippen LogP contribution in [0.25, 0.3) is 20.8 Å². The fourth-order valence-corrected chi connectivity index (χ4v) is 10.4. The van der Waals surface area contributed by atoms with Gasteiger partial charge in [-0.2, -0.15) is 4.31 Å². The maximum Gasteiger partial charge on any atom is 0.256 e. The fourth-order valence-electron chi connectivity index (χ4n) is 6.60. The number of rotatable bonds is 5. The van der Waals surface area contributed by atoms with Crippen molar-refractivity contribution in [1.82, 2.24) is 14.6 Å². The van der Waals surface area contributed by atoms with Gasteiger partial charge in [0.15, 0.2) is 0 Å². The Morgan fingerprint density at radius 3 is 2.39 bits per heavy atom. The van der Waals surface area contributed by atoms with Crippen LogP contribution in [0.4, 0.5) is 5.00 Å². The van der Waals surface area contributed by atoms with Crippen molar-refractivity contribution in [2.24, 2.45) is 0 Å². The summed E-state index contributed by atoms with van der Waals surface area (Å²) in [5.74, 6) is -0.285. The smallest absolute Gasteiger partial charge is 0.256 e. The van der Waals surface area contributed by atoms with Crippen LogP contribution < -0.4 is 10.6 Å². The number of aromatic nitrogens is 1. The number of amides is 1. The van der Waals surface area contributed by atoms with E-state index in [1.807, 2.05) is 36.4 Å². The standard InChI is InChI=1S/C34H34N4O3S3/c1-33(2)19-25-28(31-35-26-11-7-8-12-27(26)42-31)32(43-29(25)34(3,4)37-33)36-30(39)22-13-15-24(16-14-22)44(40,41)38-18-17-21-9-5-6-10-23(21)20-38/h5-16,37H,17-20H2,1-4H3,(H,36,39). The predicted octanol–water partition coefficient (Wildman–Crippen LogP) is 7.18. The average molecular weight is 643 g/mol. The van der Waals surface area contributed by atoms with Gasteiger partial charge in [-0.05, 0) is 93.6 Å². The molecule has 4 heterocycles. The van der Waals surface area contributed by atoms with Crippen LogP contribution in [0.2, 0.25) is 0 Å². The maximum absolute atomic E-state index is 13.7. The van der Waals surface area contributed by atoms with Crippen molar-refractivity contribution in [1.29, 1.82) is 0 Å². The molecule has 1 amide bonds. The van der Waals surface area contributed by atoms with Gasteiger partial charge in [-0.3, -0.25) is 4.79 Å². The third-order valence-electron chi connectivity index (χ3n) is 8.43. The van der Waals surface area contributed by atoms with E-state index in [2.05, 4.69) is 50.5 Å². The number of carbonyl (C=O) groups is 1. The van der Waals surface area contributed by atoms with Crippen LogP contribution in [0.15, 0.2) is 77.7 Å². The number of hydrogen-bond donors (Lipinski definition) is 2. The van der Waals surface area contributed by atoms with Crippen LogP contribution >= 0.6 is 22.7 Å². The minimum Gasteiger partial charge on any atom is -0.313 e. The van der Waals surface area contributed by atoms with Gasteiger partial charge < -0.3 is 10.6 Å². The van der Waals surface area contributed by atoms with Crippen molar-refractivity contribution >= 4 is 53.8 Å². The molecular weight excluding hydrogens is 609 g/mol. The number of hydrogen-bond acceptors (Lipinski definition) is 7. The summed E-state index contributed by atoms with van der Waals surface area (Å²) in [5.41, 5.74) is 5.31. The first-order chi connectivity index (χ1) is 20.9. The van der Waals surface area contributed by atoms with Crippen molar-refractivity contribution < 1.29 is 13.2 Å². The van der Waals surface area contributed by atoms with Gasteiger partial charge in [0, 0.05) is 40.2 Å². The van der Waals surface area contributed by atoms with Crippen molar-refractivity contribution in [3.63, 3.8) is 0 Å². The number of thiazole rings is 1. The van der Waals surface area contributed by atoms with Gasteiger partial charge in [0.2, 0.25) is 10.0 Å². The lowest BCUT2D eigenvalue weighted by Crippen LogP contribution is -2.54. The lowest BCUT2D eigenvalue weighted by molar-refractivity contribution is 0.102. The molecule has 226 valence electrons. The second-order valence-corrected chi connectivity index (χ2v) is 16.7. The summed E-state index contributed by atoms with van der Waals surface area (Å²) in [6.45, 7) is 9.54. The summed E-state index contributed by atoms with van der Waals surface area (Å²) in [6.07, 6.45) is 1.48. The highest BCUT2D eigenvalue weighted by Crippen LogP contribution is 2.50. The molecule has 7 nitrogen and oxygen atoms in total. The van der Waals surface area contributed by atoms with E-state index in [1.54, 1.807) is 34.8 Å².